The van der Waals surface area contributed by atoms with Crippen LogP contribution in [0.3, 0.4) is 0 Å². The fraction of sp³-hybridized carbons (Fsp3) is 0.600. The van der Waals surface area contributed by atoms with Crippen LogP contribution in [0.1, 0.15) is 32.3 Å². The van der Waals surface area contributed by atoms with E-state index in [1.165, 1.54) is 18.4 Å². The largest absolute Gasteiger partial charge is 0.374 e. The van der Waals surface area contributed by atoms with E-state index in [2.05, 4.69) is 49.5 Å². The van der Waals surface area contributed by atoms with E-state index >= 15 is 0 Å². The van der Waals surface area contributed by atoms with E-state index < -0.39 is 0 Å². The van der Waals surface area contributed by atoms with Gasteiger partial charge < -0.3 is 10.1 Å². The van der Waals surface area contributed by atoms with E-state index in [1.54, 1.807) is 0 Å². The molecule has 0 amide bonds. The van der Waals surface area contributed by atoms with Crippen LogP contribution >= 0.6 is 0 Å². The zero-order valence-electron chi connectivity index (χ0n) is 10.9. The van der Waals surface area contributed by atoms with E-state index in [0.717, 1.165) is 19.6 Å². The van der Waals surface area contributed by atoms with E-state index in [4.69, 9.17) is 4.74 Å². The molecule has 17 heavy (non-hydrogen) atoms. The number of hydrogen-bond donors (Lipinski definition) is 1. The highest BCUT2D eigenvalue weighted by Gasteiger charge is 2.29. The first-order chi connectivity index (χ1) is 8.18. The summed E-state index contributed by atoms with van der Waals surface area (Å²) in [5, 5.41) is 3.59. The molecule has 2 atom stereocenters. The van der Waals surface area contributed by atoms with Gasteiger partial charge in [0.1, 0.15) is 0 Å². The zero-order chi connectivity index (χ0) is 12.1. The monoisotopic (exact) mass is 233 g/mol. The van der Waals surface area contributed by atoms with Crippen LogP contribution in [0.5, 0.6) is 0 Å². The average Bonchev–Trinajstić information content (AvgIpc) is 2.76. The van der Waals surface area contributed by atoms with E-state index in [0.29, 0.717) is 6.04 Å². The maximum Gasteiger partial charge on any atom is 0.0779 e. The molecule has 1 aliphatic rings. The Morgan fingerprint density at radius 3 is 2.76 bits per heavy atom. The normalized spacial score (nSPS) is 26.0. The first kappa shape index (κ1) is 12.6. The van der Waals surface area contributed by atoms with Crippen molar-refractivity contribution in [2.75, 3.05) is 13.2 Å². The SMILES string of the molecule is CC(Cc1ccccc1)NCC1(C)CCCO1. The molecule has 0 bridgehead atoms. The predicted octanol–water partition coefficient (Wildman–Crippen LogP) is 2.78. The standard InChI is InChI=1S/C15H23NO/c1-13(11-14-7-4-3-5-8-14)16-12-15(2)9-6-10-17-15/h3-5,7-8,13,16H,6,9-12H2,1-2H3. The van der Waals surface area contributed by atoms with Crippen LogP contribution in [0.2, 0.25) is 0 Å². The van der Waals surface area contributed by atoms with Crippen LogP contribution in [0.15, 0.2) is 30.3 Å². The second kappa shape index (κ2) is 5.65. The van der Waals surface area contributed by atoms with Crippen molar-refractivity contribution >= 4 is 0 Å². The Balaban J connectivity index is 1.76. The minimum Gasteiger partial charge on any atom is -0.374 e. The molecule has 0 radical (unpaired) electrons. The summed E-state index contributed by atoms with van der Waals surface area (Å²) in [5.41, 5.74) is 1.45. The molecule has 1 N–H and O–H groups in total. The van der Waals surface area contributed by atoms with Gasteiger partial charge in [-0.15, -0.1) is 0 Å². The summed E-state index contributed by atoms with van der Waals surface area (Å²) in [4.78, 5) is 0. The van der Waals surface area contributed by atoms with Crippen LogP contribution in [-0.2, 0) is 11.2 Å². The lowest BCUT2D eigenvalue weighted by molar-refractivity contribution is 0.0191. The van der Waals surface area contributed by atoms with Crippen LogP contribution < -0.4 is 5.32 Å². The maximum atomic E-state index is 5.78. The zero-order valence-corrected chi connectivity index (χ0v) is 10.9. The number of benzene rings is 1. The van der Waals surface area contributed by atoms with Gasteiger partial charge in [0.15, 0.2) is 0 Å². The Labute approximate surface area is 104 Å². The molecule has 1 saturated heterocycles. The lowest BCUT2D eigenvalue weighted by atomic mass is 10.0. The summed E-state index contributed by atoms with van der Waals surface area (Å²) in [6.07, 6.45) is 3.46. The molecule has 0 spiro atoms. The third-order valence-corrected chi connectivity index (χ3v) is 3.51. The van der Waals surface area contributed by atoms with Crippen molar-refractivity contribution in [2.24, 2.45) is 0 Å². The van der Waals surface area contributed by atoms with Crippen LogP contribution in [0.25, 0.3) is 0 Å². The molecule has 1 aromatic rings. The molecular weight excluding hydrogens is 210 g/mol. The van der Waals surface area contributed by atoms with Crippen LogP contribution in [0.4, 0.5) is 0 Å². The van der Waals surface area contributed by atoms with Crippen molar-refractivity contribution < 1.29 is 4.74 Å². The first-order valence-electron chi connectivity index (χ1n) is 6.59. The van der Waals surface area contributed by atoms with Gasteiger partial charge in [0.25, 0.3) is 0 Å². The van der Waals surface area contributed by atoms with Crippen molar-refractivity contribution in [2.45, 2.75) is 44.8 Å². The van der Waals surface area contributed by atoms with Gasteiger partial charge in [-0.25, -0.2) is 0 Å². The van der Waals surface area contributed by atoms with Gasteiger partial charge in [-0.2, -0.15) is 0 Å². The molecule has 1 heterocycles. The van der Waals surface area contributed by atoms with E-state index in [1.807, 2.05) is 0 Å². The summed E-state index contributed by atoms with van der Waals surface area (Å²) in [5.74, 6) is 0. The lowest BCUT2D eigenvalue weighted by Crippen LogP contribution is -2.41. The fourth-order valence-electron chi connectivity index (χ4n) is 2.41. The summed E-state index contributed by atoms with van der Waals surface area (Å²) >= 11 is 0. The van der Waals surface area contributed by atoms with Crippen LogP contribution in [-0.4, -0.2) is 24.8 Å². The second-order valence-corrected chi connectivity index (χ2v) is 5.37. The Bertz CT molecular complexity index is 330. The molecule has 0 saturated carbocycles. The Kier molecular flexibility index (Phi) is 4.19. The topological polar surface area (TPSA) is 21.3 Å². The minimum atomic E-state index is 0.0605. The Hall–Kier alpha value is -0.860. The molecule has 0 aromatic heterocycles. The van der Waals surface area contributed by atoms with E-state index in [9.17, 15) is 0 Å². The summed E-state index contributed by atoms with van der Waals surface area (Å²) in [7, 11) is 0. The summed E-state index contributed by atoms with van der Waals surface area (Å²) < 4.78 is 5.78. The molecule has 94 valence electrons. The Morgan fingerprint density at radius 2 is 2.12 bits per heavy atom. The predicted molar refractivity (Wildman–Crippen MR) is 71.2 cm³/mol. The highest BCUT2D eigenvalue weighted by Crippen LogP contribution is 2.24. The summed E-state index contributed by atoms with van der Waals surface area (Å²) in [6, 6.07) is 11.1. The molecule has 2 nitrogen and oxygen atoms in total. The average molecular weight is 233 g/mol. The quantitative estimate of drug-likeness (QED) is 0.844. The molecule has 2 unspecified atom stereocenters. The number of nitrogens with one attached hydrogen (secondary N) is 1. The van der Waals surface area contributed by atoms with Crippen LogP contribution in [0, 0.1) is 0 Å². The van der Waals surface area contributed by atoms with Crippen molar-refractivity contribution in [1.29, 1.82) is 0 Å². The Morgan fingerprint density at radius 1 is 1.35 bits per heavy atom. The molecule has 1 fully saturated rings. The van der Waals surface area contributed by atoms with E-state index in [-0.39, 0.29) is 5.60 Å². The smallest absolute Gasteiger partial charge is 0.0779 e. The number of rotatable bonds is 5. The number of hydrogen-bond acceptors (Lipinski definition) is 2. The lowest BCUT2D eigenvalue weighted by Gasteiger charge is -2.26. The summed E-state index contributed by atoms with van der Waals surface area (Å²) in [6.45, 7) is 6.33. The van der Waals surface area contributed by atoms with Gasteiger partial charge in [-0.05, 0) is 38.7 Å². The van der Waals surface area contributed by atoms with Crippen molar-refractivity contribution in [1.82, 2.24) is 5.32 Å². The third-order valence-electron chi connectivity index (χ3n) is 3.51. The highest BCUT2D eigenvalue weighted by atomic mass is 16.5. The van der Waals surface area contributed by atoms with Gasteiger partial charge in [-0.3, -0.25) is 0 Å². The molecule has 2 heteroatoms. The molecule has 0 aliphatic carbocycles. The van der Waals surface area contributed by atoms with Gasteiger partial charge in [0.05, 0.1) is 5.60 Å². The van der Waals surface area contributed by atoms with Crippen molar-refractivity contribution in [3.05, 3.63) is 35.9 Å². The van der Waals surface area contributed by atoms with Crippen molar-refractivity contribution in [3.8, 4) is 0 Å². The molecule has 2 rings (SSSR count). The van der Waals surface area contributed by atoms with Gasteiger partial charge >= 0.3 is 0 Å². The van der Waals surface area contributed by atoms with Gasteiger partial charge in [-0.1, -0.05) is 30.3 Å². The van der Waals surface area contributed by atoms with Gasteiger partial charge in [0, 0.05) is 19.2 Å². The second-order valence-electron chi connectivity index (χ2n) is 5.37. The molecule has 1 aliphatic heterocycles. The maximum absolute atomic E-state index is 5.78. The van der Waals surface area contributed by atoms with Gasteiger partial charge in [0.2, 0.25) is 0 Å². The van der Waals surface area contributed by atoms with Crippen molar-refractivity contribution in [3.63, 3.8) is 0 Å². The molecule has 1 aromatic carbocycles. The first-order valence-corrected chi connectivity index (χ1v) is 6.59. The third kappa shape index (κ3) is 3.83. The fourth-order valence-corrected chi connectivity index (χ4v) is 2.41. The minimum absolute atomic E-state index is 0.0605. The highest BCUT2D eigenvalue weighted by molar-refractivity contribution is 5.15. The number of ether oxygens (including phenoxy) is 1. The molecular formula is C15H23NO.